The summed E-state index contributed by atoms with van der Waals surface area (Å²) >= 11 is 0. The van der Waals surface area contributed by atoms with E-state index in [-0.39, 0.29) is 5.91 Å². The number of hydrogen-bond donors (Lipinski definition) is 2. The van der Waals surface area contributed by atoms with E-state index in [1.165, 1.54) is 19.2 Å². The summed E-state index contributed by atoms with van der Waals surface area (Å²) in [4.78, 5) is 23.7. The molecule has 1 atom stereocenters. The van der Waals surface area contributed by atoms with Gasteiger partial charge in [-0.15, -0.1) is 0 Å². The van der Waals surface area contributed by atoms with E-state index in [4.69, 9.17) is 4.74 Å². The molecule has 26 heavy (non-hydrogen) atoms. The van der Waals surface area contributed by atoms with Crippen molar-refractivity contribution in [2.75, 3.05) is 7.05 Å². The topological polar surface area (TPSA) is 67.4 Å². The van der Waals surface area contributed by atoms with Crippen molar-refractivity contribution in [3.63, 3.8) is 0 Å². The Morgan fingerprint density at radius 3 is 2.15 bits per heavy atom. The molecule has 146 valence electrons. The Bertz CT molecular complexity index is 608. The highest BCUT2D eigenvalue weighted by Crippen LogP contribution is 2.29. The van der Waals surface area contributed by atoms with E-state index < -0.39 is 29.5 Å². The Morgan fingerprint density at radius 2 is 1.69 bits per heavy atom. The molecule has 0 aliphatic heterocycles. The Balaban J connectivity index is 2.59. The van der Waals surface area contributed by atoms with E-state index in [9.17, 15) is 22.8 Å². The first-order valence-corrected chi connectivity index (χ1v) is 8.29. The first kappa shape index (κ1) is 21.8. The number of alkyl halides is 3. The van der Waals surface area contributed by atoms with Crippen molar-refractivity contribution in [1.29, 1.82) is 0 Å². The standard InChI is InChI=1S/C18H25F3N2O3/c1-17(2,3)26-16(25)23-14(15(24)22-4)7-5-6-12-8-10-13(11-9-12)18(19,20)21/h8-11,14H,5-7H2,1-4H3,(H,22,24)(H,23,25). The van der Waals surface area contributed by atoms with Gasteiger partial charge in [-0.3, -0.25) is 4.79 Å². The van der Waals surface area contributed by atoms with Crippen LogP contribution in [0, 0.1) is 0 Å². The Kier molecular flexibility index (Phi) is 7.47. The van der Waals surface area contributed by atoms with Crippen molar-refractivity contribution in [3.8, 4) is 0 Å². The molecule has 1 aromatic carbocycles. The highest BCUT2D eigenvalue weighted by atomic mass is 19.4. The van der Waals surface area contributed by atoms with E-state index >= 15 is 0 Å². The van der Waals surface area contributed by atoms with Crippen molar-refractivity contribution in [2.45, 2.75) is 57.9 Å². The lowest BCUT2D eigenvalue weighted by Crippen LogP contribution is -2.47. The lowest BCUT2D eigenvalue weighted by atomic mass is 10.0. The lowest BCUT2D eigenvalue weighted by molar-refractivity contribution is -0.137. The van der Waals surface area contributed by atoms with Crippen molar-refractivity contribution in [3.05, 3.63) is 35.4 Å². The van der Waals surface area contributed by atoms with Crippen LogP contribution in [0.5, 0.6) is 0 Å². The van der Waals surface area contributed by atoms with Crippen LogP contribution in [0.1, 0.15) is 44.7 Å². The fraction of sp³-hybridized carbons (Fsp3) is 0.556. The molecule has 2 N–H and O–H groups in total. The molecular weight excluding hydrogens is 349 g/mol. The number of carbonyl (C=O) groups is 2. The van der Waals surface area contributed by atoms with E-state index in [2.05, 4.69) is 10.6 Å². The molecule has 1 aromatic rings. The second-order valence-corrected chi connectivity index (χ2v) is 6.90. The SMILES string of the molecule is CNC(=O)C(CCCc1ccc(C(F)(F)F)cc1)NC(=O)OC(C)(C)C. The Hall–Kier alpha value is -2.25. The zero-order chi connectivity index (χ0) is 20.0. The number of nitrogens with one attached hydrogen (secondary N) is 2. The fourth-order valence-electron chi connectivity index (χ4n) is 2.26. The van der Waals surface area contributed by atoms with Gasteiger partial charge in [-0.2, -0.15) is 13.2 Å². The van der Waals surface area contributed by atoms with Crippen LogP contribution < -0.4 is 10.6 Å². The predicted octanol–water partition coefficient (Wildman–Crippen LogP) is 3.67. The average Bonchev–Trinajstić information content (AvgIpc) is 2.51. The maximum absolute atomic E-state index is 12.5. The van der Waals surface area contributed by atoms with Crippen LogP contribution in [-0.4, -0.2) is 30.7 Å². The summed E-state index contributed by atoms with van der Waals surface area (Å²) in [6, 6.07) is 4.12. The van der Waals surface area contributed by atoms with Gasteiger partial charge in [0.15, 0.2) is 0 Å². The van der Waals surface area contributed by atoms with E-state index in [1.54, 1.807) is 20.8 Å². The van der Waals surface area contributed by atoms with Crippen LogP contribution in [0.15, 0.2) is 24.3 Å². The lowest BCUT2D eigenvalue weighted by Gasteiger charge is -2.23. The summed E-state index contributed by atoms with van der Waals surface area (Å²) in [6.07, 6.45) is -3.72. The second-order valence-electron chi connectivity index (χ2n) is 6.90. The molecule has 2 amide bonds. The zero-order valence-corrected chi connectivity index (χ0v) is 15.4. The number of amides is 2. The smallest absolute Gasteiger partial charge is 0.416 e. The van der Waals surface area contributed by atoms with Gasteiger partial charge >= 0.3 is 12.3 Å². The predicted molar refractivity (Wildman–Crippen MR) is 91.6 cm³/mol. The molecule has 0 aliphatic rings. The number of ether oxygens (including phenoxy) is 1. The van der Waals surface area contributed by atoms with Gasteiger partial charge in [0.05, 0.1) is 5.56 Å². The quantitative estimate of drug-likeness (QED) is 0.798. The summed E-state index contributed by atoms with van der Waals surface area (Å²) in [5.74, 6) is -0.358. The van der Waals surface area contributed by atoms with Gasteiger partial charge in [0.1, 0.15) is 11.6 Å². The number of alkyl carbamates (subject to hydrolysis) is 1. The summed E-state index contributed by atoms with van der Waals surface area (Å²) in [7, 11) is 1.46. The molecule has 0 fully saturated rings. The third-order valence-electron chi connectivity index (χ3n) is 3.49. The molecule has 0 bridgehead atoms. The second kappa shape index (κ2) is 8.91. The van der Waals surface area contributed by atoms with Crippen molar-refractivity contribution >= 4 is 12.0 Å². The number of rotatable bonds is 6. The number of likely N-dealkylation sites (N-methyl/N-ethyl adjacent to an activating group) is 1. The third kappa shape index (κ3) is 7.76. The zero-order valence-electron chi connectivity index (χ0n) is 15.4. The number of carbonyl (C=O) groups excluding carboxylic acids is 2. The van der Waals surface area contributed by atoms with Crippen LogP contribution in [0.4, 0.5) is 18.0 Å². The maximum Gasteiger partial charge on any atom is 0.416 e. The Labute approximate surface area is 151 Å². The minimum absolute atomic E-state index is 0.333. The number of benzene rings is 1. The largest absolute Gasteiger partial charge is 0.444 e. The molecule has 1 rings (SSSR count). The van der Waals surface area contributed by atoms with Gasteiger partial charge in [0, 0.05) is 7.05 Å². The third-order valence-corrected chi connectivity index (χ3v) is 3.49. The van der Waals surface area contributed by atoms with Crippen molar-refractivity contribution in [2.24, 2.45) is 0 Å². The van der Waals surface area contributed by atoms with Gasteiger partial charge in [-0.25, -0.2) is 4.79 Å². The van der Waals surface area contributed by atoms with Gasteiger partial charge in [-0.05, 0) is 57.7 Å². The molecule has 1 unspecified atom stereocenters. The van der Waals surface area contributed by atoms with Crippen LogP contribution in [0.3, 0.4) is 0 Å². The first-order valence-electron chi connectivity index (χ1n) is 8.29. The number of halogens is 3. The van der Waals surface area contributed by atoms with Gasteiger partial charge in [0.25, 0.3) is 0 Å². The van der Waals surface area contributed by atoms with Crippen molar-refractivity contribution < 1.29 is 27.5 Å². The molecule has 0 saturated heterocycles. The van der Waals surface area contributed by atoms with Crippen LogP contribution in [-0.2, 0) is 22.1 Å². The van der Waals surface area contributed by atoms with E-state index in [0.29, 0.717) is 19.3 Å². The maximum atomic E-state index is 12.5. The highest BCUT2D eigenvalue weighted by Gasteiger charge is 2.30. The monoisotopic (exact) mass is 374 g/mol. The van der Waals surface area contributed by atoms with Gasteiger partial charge in [-0.1, -0.05) is 12.1 Å². The normalized spacial score (nSPS) is 13.0. The minimum atomic E-state index is -4.36. The van der Waals surface area contributed by atoms with E-state index in [1.807, 2.05) is 0 Å². The molecular formula is C18H25F3N2O3. The molecule has 0 heterocycles. The van der Waals surface area contributed by atoms with Gasteiger partial charge in [0.2, 0.25) is 5.91 Å². The summed E-state index contributed by atoms with van der Waals surface area (Å²) < 4.78 is 42.8. The fourth-order valence-corrected chi connectivity index (χ4v) is 2.26. The Morgan fingerprint density at radius 1 is 1.12 bits per heavy atom. The molecule has 8 heteroatoms. The first-order chi connectivity index (χ1) is 11.9. The molecule has 0 aromatic heterocycles. The molecule has 5 nitrogen and oxygen atoms in total. The summed E-state index contributed by atoms with van der Waals surface area (Å²) in [5.41, 5.74) is -0.653. The number of hydrogen-bond acceptors (Lipinski definition) is 3. The minimum Gasteiger partial charge on any atom is -0.444 e. The average molecular weight is 374 g/mol. The van der Waals surface area contributed by atoms with Crippen LogP contribution in [0.2, 0.25) is 0 Å². The molecule has 0 saturated carbocycles. The molecule has 0 aliphatic carbocycles. The van der Waals surface area contributed by atoms with Crippen LogP contribution in [0.25, 0.3) is 0 Å². The molecule has 0 radical (unpaired) electrons. The van der Waals surface area contributed by atoms with Crippen LogP contribution >= 0.6 is 0 Å². The highest BCUT2D eigenvalue weighted by molar-refractivity contribution is 5.85. The summed E-state index contributed by atoms with van der Waals surface area (Å²) in [6.45, 7) is 5.14. The van der Waals surface area contributed by atoms with E-state index in [0.717, 1.165) is 17.7 Å². The number of aryl methyl sites for hydroxylation is 1. The summed E-state index contributed by atoms with van der Waals surface area (Å²) in [5, 5.41) is 4.99. The van der Waals surface area contributed by atoms with Crippen molar-refractivity contribution in [1.82, 2.24) is 10.6 Å². The van der Waals surface area contributed by atoms with Gasteiger partial charge < -0.3 is 15.4 Å². The molecule has 0 spiro atoms.